The third kappa shape index (κ3) is 7.86. The van der Waals surface area contributed by atoms with Gasteiger partial charge >= 0.3 is 0 Å². The highest BCUT2D eigenvalue weighted by molar-refractivity contribution is 14.0. The highest BCUT2D eigenvalue weighted by Gasteiger charge is 2.27. The Kier molecular flexibility index (Phi) is 11.4. The van der Waals surface area contributed by atoms with Gasteiger partial charge in [0.1, 0.15) is 5.75 Å². The van der Waals surface area contributed by atoms with Crippen LogP contribution in [0.15, 0.2) is 53.5 Å². The predicted octanol–water partition coefficient (Wildman–Crippen LogP) is 4.56. The summed E-state index contributed by atoms with van der Waals surface area (Å²) >= 11 is 0. The number of nitrogens with zero attached hydrogens (tertiary/aromatic N) is 2. The minimum Gasteiger partial charge on any atom is -0.497 e. The lowest BCUT2D eigenvalue weighted by Gasteiger charge is -2.33. The molecule has 7 heteroatoms. The Labute approximate surface area is 216 Å². The topological polar surface area (TPSA) is 58.1 Å². The average Bonchev–Trinajstić information content (AvgIpc) is 2.82. The van der Waals surface area contributed by atoms with Gasteiger partial charge in [-0.15, -0.1) is 24.0 Å². The van der Waals surface area contributed by atoms with Crippen LogP contribution in [-0.2, 0) is 4.74 Å². The van der Waals surface area contributed by atoms with E-state index in [0.717, 1.165) is 44.2 Å². The van der Waals surface area contributed by atoms with E-state index in [-0.39, 0.29) is 36.1 Å². The fourth-order valence-electron chi connectivity index (χ4n) is 4.27. The number of nitrogens with one attached hydrogen (secondary N) is 2. The molecule has 2 N–H and O–H groups in total. The van der Waals surface area contributed by atoms with E-state index in [1.54, 1.807) is 7.11 Å². The summed E-state index contributed by atoms with van der Waals surface area (Å²) < 4.78 is 11.6. The fraction of sp³-hybridized carbons (Fsp3) is 0.500. The van der Waals surface area contributed by atoms with Gasteiger partial charge < -0.3 is 25.0 Å². The van der Waals surface area contributed by atoms with Crippen molar-refractivity contribution in [2.45, 2.75) is 31.9 Å². The zero-order valence-electron chi connectivity index (χ0n) is 20.5. The van der Waals surface area contributed by atoms with E-state index < -0.39 is 0 Å². The Balaban J connectivity index is 0.00000385. The first-order valence-corrected chi connectivity index (χ1v) is 11.4. The van der Waals surface area contributed by atoms with Crippen LogP contribution in [0.25, 0.3) is 0 Å². The standard InChI is InChI=1S/C26H38N4O2.HI/c1-19-11-13-20(14-12-19)25-22(9-7-15-32-25)17-28-26(27-2)29-18-24(30(3)4)21-8-6-10-23(16-21)31-5;/h6,8,10-14,16,22,24-25H,7,9,15,17-18H2,1-5H3,(H2,27,28,29);1H. The number of guanidine groups is 1. The third-order valence-electron chi connectivity index (χ3n) is 6.17. The lowest BCUT2D eigenvalue weighted by Crippen LogP contribution is -2.44. The molecule has 1 fully saturated rings. The highest BCUT2D eigenvalue weighted by Crippen LogP contribution is 2.33. The van der Waals surface area contributed by atoms with Crippen molar-refractivity contribution in [2.75, 3.05) is 47.9 Å². The molecule has 0 radical (unpaired) electrons. The van der Waals surface area contributed by atoms with Gasteiger partial charge in [0.05, 0.1) is 19.3 Å². The van der Waals surface area contributed by atoms with Gasteiger partial charge in [-0.2, -0.15) is 0 Å². The number of halogens is 1. The maximum absolute atomic E-state index is 6.17. The highest BCUT2D eigenvalue weighted by atomic mass is 127. The van der Waals surface area contributed by atoms with Gasteiger partial charge in [-0.05, 0) is 57.1 Å². The number of benzene rings is 2. The van der Waals surface area contributed by atoms with Crippen LogP contribution in [0.2, 0.25) is 0 Å². The lowest BCUT2D eigenvalue weighted by atomic mass is 9.89. The molecule has 3 rings (SSSR count). The van der Waals surface area contributed by atoms with E-state index in [1.807, 2.05) is 19.2 Å². The molecule has 2 aromatic carbocycles. The molecule has 2 aromatic rings. The lowest BCUT2D eigenvalue weighted by molar-refractivity contribution is -0.0265. The molecule has 1 aliphatic heterocycles. The maximum atomic E-state index is 6.17. The second kappa shape index (κ2) is 13.8. The van der Waals surface area contributed by atoms with Gasteiger partial charge in [0, 0.05) is 32.7 Å². The van der Waals surface area contributed by atoms with Crippen molar-refractivity contribution in [2.24, 2.45) is 10.9 Å². The Morgan fingerprint density at radius 2 is 1.94 bits per heavy atom. The molecule has 6 nitrogen and oxygen atoms in total. The van der Waals surface area contributed by atoms with Gasteiger partial charge in [-0.3, -0.25) is 4.99 Å². The maximum Gasteiger partial charge on any atom is 0.191 e. The minimum absolute atomic E-state index is 0. The largest absolute Gasteiger partial charge is 0.497 e. The van der Waals surface area contributed by atoms with Crippen LogP contribution in [0.5, 0.6) is 5.75 Å². The molecule has 1 heterocycles. The number of aliphatic imine (C=N–C) groups is 1. The van der Waals surface area contributed by atoms with Crippen LogP contribution >= 0.6 is 24.0 Å². The quantitative estimate of drug-likeness (QED) is 0.279. The zero-order chi connectivity index (χ0) is 22.9. The van der Waals surface area contributed by atoms with Crippen LogP contribution < -0.4 is 15.4 Å². The summed E-state index contributed by atoms with van der Waals surface area (Å²) in [6.45, 7) is 4.51. The molecular weight excluding hydrogens is 527 g/mol. The van der Waals surface area contributed by atoms with Crippen molar-refractivity contribution in [1.82, 2.24) is 15.5 Å². The smallest absolute Gasteiger partial charge is 0.191 e. The van der Waals surface area contributed by atoms with E-state index >= 15 is 0 Å². The van der Waals surface area contributed by atoms with Crippen molar-refractivity contribution in [3.05, 3.63) is 65.2 Å². The van der Waals surface area contributed by atoms with Gasteiger partial charge in [0.15, 0.2) is 5.96 Å². The van der Waals surface area contributed by atoms with Crippen molar-refractivity contribution < 1.29 is 9.47 Å². The van der Waals surface area contributed by atoms with Crippen LogP contribution in [0, 0.1) is 12.8 Å². The molecule has 3 unspecified atom stereocenters. The number of rotatable bonds is 8. The van der Waals surface area contributed by atoms with E-state index in [1.165, 1.54) is 16.7 Å². The summed E-state index contributed by atoms with van der Waals surface area (Å²) in [5, 5.41) is 7.04. The predicted molar refractivity (Wildman–Crippen MR) is 147 cm³/mol. The molecule has 0 aromatic heterocycles. The second-order valence-electron chi connectivity index (χ2n) is 8.69. The molecule has 182 valence electrons. The first-order valence-electron chi connectivity index (χ1n) is 11.4. The fourth-order valence-corrected chi connectivity index (χ4v) is 4.27. The van der Waals surface area contributed by atoms with E-state index in [4.69, 9.17) is 9.47 Å². The number of ether oxygens (including phenoxy) is 2. The molecule has 33 heavy (non-hydrogen) atoms. The van der Waals surface area contributed by atoms with E-state index in [0.29, 0.717) is 5.92 Å². The van der Waals surface area contributed by atoms with Gasteiger partial charge in [-0.1, -0.05) is 42.0 Å². The second-order valence-corrected chi connectivity index (χ2v) is 8.69. The molecule has 1 aliphatic rings. The van der Waals surface area contributed by atoms with E-state index in [2.05, 4.69) is 77.9 Å². The van der Waals surface area contributed by atoms with Crippen LogP contribution in [0.1, 0.15) is 41.7 Å². The van der Waals surface area contributed by atoms with Crippen molar-refractivity contribution >= 4 is 29.9 Å². The first kappa shape index (κ1) is 27.4. The summed E-state index contributed by atoms with van der Waals surface area (Å²) in [6.07, 6.45) is 2.37. The molecular formula is C26H39IN4O2. The number of methoxy groups -OCH3 is 1. The summed E-state index contributed by atoms with van der Waals surface area (Å²) in [7, 11) is 7.70. The number of aryl methyl sites for hydroxylation is 1. The average molecular weight is 567 g/mol. The normalized spacial score (nSPS) is 19.5. The van der Waals surface area contributed by atoms with Crippen LogP contribution in [0.3, 0.4) is 0 Å². The Hall–Kier alpha value is -1.84. The first-order chi connectivity index (χ1) is 15.5. The minimum atomic E-state index is 0. The van der Waals surface area contributed by atoms with E-state index in [9.17, 15) is 0 Å². The Morgan fingerprint density at radius 1 is 1.18 bits per heavy atom. The van der Waals surface area contributed by atoms with Gasteiger partial charge in [0.2, 0.25) is 0 Å². The van der Waals surface area contributed by atoms with Gasteiger partial charge in [-0.25, -0.2) is 0 Å². The Morgan fingerprint density at radius 3 is 2.61 bits per heavy atom. The molecule has 0 aliphatic carbocycles. The van der Waals surface area contributed by atoms with Crippen molar-refractivity contribution in [3.63, 3.8) is 0 Å². The number of hydrogen-bond donors (Lipinski definition) is 2. The zero-order valence-corrected chi connectivity index (χ0v) is 22.8. The third-order valence-corrected chi connectivity index (χ3v) is 6.17. The van der Waals surface area contributed by atoms with Crippen molar-refractivity contribution in [3.8, 4) is 5.75 Å². The number of hydrogen-bond acceptors (Lipinski definition) is 4. The monoisotopic (exact) mass is 566 g/mol. The molecule has 3 atom stereocenters. The van der Waals surface area contributed by atoms with Gasteiger partial charge in [0.25, 0.3) is 0 Å². The van der Waals surface area contributed by atoms with Crippen molar-refractivity contribution in [1.29, 1.82) is 0 Å². The molecule has 0 amide bonds. The summed E-state index contributed by atoms with van der Waals surface area (Å²) in [5.41, 5.74) is 3.74. The summed E-state index contributed by atoms with van der Waals surface area (Å²) in [6, 6.07) is 17.2. The summed E-state index contributed by atoms with van der Waals surface area (Å²) in [4.78, 5) is 6.66. The molecule has 0 spiro atoms. The molecule has 0 bridgehead atoms. The summed E-state index contributed by atoms with van der Waals surface area (Å²) in [5.74, 6) is 2.09. The molecule has 1 saturated heterocycles. The SMILES string of the molecule is CN=C(NCC1CCCOC1c1ccc(C)cc1)NCC(c1cccc(OC)c1)N(C)C.I. The van der Waals surface area contributed by atoms with Crippen LogP contribution in [0.4, 0.5) is 0 Å². The Bertz CT molecular complexity index is 873. The van der Waals surface area contributed by atoms with Crippen LogP contribution in [-0.4, -0.2) is 58.8 Å². The number of likely N-dealkylation sites (N-methyl/N-ethyl adjacent to an activating group) is 1. The molecule has 0 saturated carbocycles.